The molecule has 0 unspecified atom stereocenters. The summed E-state index contributed by atoms with van der Waals surface area (Å²) in [6.45, 7) is 1.51. The molecule has 0 aliphatic carbocycles. The number of likely N-dealkylation sites (tertiary alicyclic amines) is 1. The van der Waals surface area contributed by atoms with Crippen LogP contribution in [0.2, 0.25) is 0 Å². The molecule has 2 aromatic rings. The van der Waals surface area contributed by atoms with Crippen LogP contribution in [0.1, 0.15) is 5.56 Å². The minimum Gasteiger partial charge on any atom is -0.496 e. The molecule has 6 nitrogen and oxygen atoms in total. The smallest absolute Gasteiger partial charge is 0.157 e. The highest BCUT2D eigenvalue weighted by Crippen LogP contribution is 2.24. The zero-order valence-corrected chi connectivity index (χ0v) is 13.1. The molecular weight excluding hydrogens is 301 g/mol. The van der Waals surface area contributed by atoms with Crippen LogP contribution in [-0.2, 0) is 13.6 Å². The Labute approximate surface area is 134 Å². The molecule has 1 aromatic carbocycles. The second kappa shape index (κ2) is 6.55. The molecule has 0 bridgehead atoms. The van der Waals surface area contributed by atoms with Gasteiger partial charge in [0.05, 0.1) is 19.5 Å². The largest absolute Gasteiger partial charge is 0.496 e. The van der Waals surface area contributed by atoms with Crippen LogP contribution in [0.25, 0.3) is 0 Å². The van der Waals surface area contributed by atoms with E-state index < -0.39 is 6.10 Å². The summed E-state index contributed by atoms with van der Waals surface area (Å²) in [5.41, 5.74) is 0.752. The van der Waals surface area contributed by atoms with Gasteiger partial charge in [-0.1, -0.05) is 0 Å². The first-order valence-corrected chi connectivity index (χ1v) is 7.43. The van der Waals surface area contributed by atoms with Crippen molar-refractivity contribution in [3.05, 3.63) is 42.0 Å². The number of halogens is 1. The van der Waals surface area contributed by atoms with Crippen molar-refractivity contribution >= 4 is 0 Å². The lowest BCUT2D eigenvalue weighted by atomic mass is 10.2. The predicted molar refractivity (Wildman–Crippen MR) is 81.9 cm³/mol. The third-order valence-electron chi connectivity index (χ3n) is 3.92. The summed E-state index contributed by atoms with van der Waals surface area (Å²) in [7, 11) is 3.37. The number of β-amino-alcohol motifs (C(OH)–C–C–N with tert-alkyl or cyclic N) is 1. The summed E-state index contributed by atoms with van der Waals surface area (Å²) in [6.07, 6.45) is 2.43. The van der Waals surface area contributed by atoms with E-state index in [1.165, 1.54) is 12.1 Å². The Hall–Kier alpha value is -2.12. The Morgan fingerprint density at radius 1 is 1.39 bits per heavy atom. The number of aliphatic hydroxyl groups excluding tert-OH is 1. The Balaban J connectivity index is 1.65. The van der Waals surface area contributed by atoms with E-state index in [-0.39, 0.29) is 11.9 Å². The van der Waals surface area contributed by atoms with Gasteiger partial charge >= 0.3 is 0 Å². The zero-order valence-electron chi connectivity index (χ0n) is 13.1. The van der Waals surface area contributed by atoms with Crippen LogP contribution in [0.3, 0.4) is 0 Å². The SMILES string of the molecule is COc1ccc(F)cc1CN1C[C@@H](O)[C@H](Oc2cnn(C)c2)C1. The van der Waals surface area contributed by atoms with Crippen molar-refractivity contribution < 1.29 is 19.0 Å². The average Bonchev–Trinajstić information content (AvgIpc) is 3.06. The van der Waals surface area contributed by atoms with Crippen LogP contribution < -0.4 is 9.47 Å². The van der Waals surface area contributed by atoms with Gasteiger partial charge in [-0.3, -0.25) is 9.58 Å². The first-order chi connectivity index (χ1) is 11.0. The van der Waals surface area contributed by atoms with Gasteiger partial charge in [-0.15, -0.1) is 0 Å². The third-order valence-corrected chi connectivity index (χ3v) is 3.92. The second-order valence-electron chi connectivity index (χ2n) is 5.72. The molecule has 2 atom stereocenters. The number of hydrogen-bond donors (Lipinski definition) is 1. The van der Waals surface area contributed by atoms with E-state index in [0.717, 1.165) is 5.56 Å². The lowest BCUT2D eigenvalue weighted by Gasteiger charge is -2.17. The van der Waals surface area contributed by atoms with Gasteiger partial charge in [-0.05, 0) is 18.2 Å². The van der Waals surface area contributed by atoms with Gasteiger partial charge in [0.15, 0.2) is 5.75 Å². The number of nitrogens with zero attached hydrogens (tertiary/aromatic N) is 3. The highest BCUT2D eigenvalue weighted by Gasteiger charge is 2.33. The van der Waals surface area contributed by atoms with Crippen molar-refractivity contribution in [3.8, 4) is 11.5 Å². The molecule has 23 heavy (non-hydrogen) atoms. The molecule has 1 fully saturated rings. The maximum atomic E-state index is 13.4. The second-order valence-corrected chi connectivity index (χ2v) is 5.72. The molecule has 1 aromatic heterocycles. The monoisotopic (exact) mass is 321 g/mol. The van der Waals surface area contributed by atoms with Crippen LogP contribution >= 0.6 is 0 Å². The number of aliphatic hydroxyl groups is 1. The van der Waals surface area contributed by atoms with Crippen molar-refractivity contribution in [1.29, 1.82) is 0 Å². The molecule has 124 valence electrons. The van der Waals surface area contributed by atoms with E-state index in [1.54, 1.807) is 37.3 Å². The van der Waals surface area contributed by atoms with Gasteiger partial charge in [0.1, 0.15) is 23.8 Å². The normalized spacial score (nSPS) is 21.6. The van der Waals surface area contributed by atoms with Gasteiger partial charge in [0.25, 0.3) is 0 Å². The number of methoxy groups -OCH3 is 1. The molecule has 0 saturated carbocycles. The quantitative estimate of drug-likeness (QED) is 0.896. The highest BCUT2D eigenvalue weighted by atomic mass is 19.1. The van der Waals surface area contributed by atoms with E-state index >= 15 is 0 Å². The molecule has 7 heteroatoms. The third kappa shape index (κ3) is 3.62. The van der Waals surface area contributed by atoms with Gasteiger partial charge in [-0.25, -0.2) is 4.39 Å². The highest BCUT2D eigenvalue weighted by molar-refractivity contribution is 5.34. The van der Waals surface area contributed by atoms with Crippen LogP contribution in [-0.4, -0.2) is 52.2 Å². The standard InChI is InChI=1S/C16H20FN3O3/c1-19-8-13(6-18-19)23-16-10-20(9-14(16)21)7-11-5-12(17)3-4-15(11)22-2/h3-6,8,14,16,21H,7,9-10H2,1-2H3/t14-,16-/m1/s1. The molecular formula is C16H20FN3O3. The van der Waals surface area contributed by atoms with E-state index in [0.29, 0.717) is 31.1 Å². The van der Waals surface area contributed by atoms with Gasteiger partial charge < -0.3 is 14.6 Å². The number of rotatable bonds is 5. The predicted octanol–water partition coefficient (Wildman–Crippen LogP) is 1.19. The zero-order chi connectivity index (χ0) is 16.4. The summed E-state index contributed by atoms with van der Waals surface area (Å²) in [5.74, 6) is 0.961. The molecule has 3 rings (SSSR count). The summed E-state index contributed by atoms with van der Waals surface area (Å²) in [6, 6.07) is 4.44. The first kappa shape index (κ1) is 15.8. The van der Waals surface area contributed by atoms with Gasteiger partial charge in [-0.2, -0.15) is 5.10 Å². The molecule has 1 aliphatic heterocycles. The topological polar surface area (TPSA) is 59.8 Å². The minimum atomic E-state index is -0.602. The van der Waals surface area contributed by atoms with E-state index in [1.807, 2.05) is 4.90 Å². The summed E-state index contributed by atoms with van der Waals surface area (Å²) < 4.78 is 26.1. The summed E-state index contributed by atoms with van der Waals surface area (Å²) in [5, 5.41) is 14.2. The number of hydrogen-bond acceptors (Lipinski definition) is 5. The fraction of sp³-hybridized carbons (Fsp3) is 0.438. The molecule has 0 spiro atoms. The summed E-state index contributed by atoms with van der Waals surface area (Å²) in [4.78, 5) is 2.02. The number of aromatic nitrogens is 2. The average molecular weight is 321 g/mol. The minimum absolute atomic E-state index is 0.302. The van der Waals surface area contributed by atoms with E-state index in [9.17, 15) is 9.50 Å². The fourth-order valence-electron chi connectivity index (χ4n) is 2.82. The van der Waals surface area contributed by atoms with Gasteiger partial charge in [0.2, 0.25) is 0 Å². The van der Waals surface area contributed by atoms with Crippen LogP contribution in [0, 0.1) is 5.82 Å². The van der Waals surface area contributed by atoms with Crippen molar-refractivity contribution in [2.75, 3.05) is 20.2 Å². The van der Waals surface area contributed by atoms with Crippen molar-refractivity contribution in [2.24, 2.45) is 7.05 Å². The Kier molecular flexibility index (Phi) is 4.49. The van der Waals surface area contributed by atoms with Crippen LogP contribution in [0.15, 0.2) is 30.6 Å². The van der Waals surface area contributed by atoms with Gasteiger partial charge in [0, 0.05) is 32.2 Å². The first-order valence-electron chi connectivity index (χ1n) is 7.43. The number of benzene rings is 1. The number of ether oxygens (including phenoxy) is 2. The Morgan fingerprint density at radius 3 is 2.91 bits per heavy atom. The molecule has 1 N–H and O–H groups in total. The Bertz CT molecular complexity index is 676. The van der Waals surface area contributed by atoms with Crippen LogP contribution in [0.5, 0.6) is 11.5 Å². The lowest BCUT2D eigenvalue weighted by Crippen LogP contribution is -2.29. The fourth-order valence-corrected chi connectivity index (χ4v) is 2.82. The molecule has 0 amide bonds. The van der Waals surface area contributed by atoms with Crippen molar-refractivity contribution in [2.45, 2.75) is 18.8 Å². The molecule has 1 saturated heterocycles. The maximum absolute atomic E-state index is 13.4. The Morgan fingerprint density at radius 2 is 2.22 bits per heavy atom. The van der Waals surface area contributed by atoms with E-state index in [2.05, 4.69) is 5.10 Å². The summed E-state index contributed by atoms with van der Waals surface area (Å²) >= 11 is 0. The molecule has 0 radical (unpaired) electrons. The van der Waals surface area contributed by atoms with Crippen molar-refractivity contribution in [1.82, 2.24) is 14.7 Å². The maximum Gasteiger partial charge on any atom is 0.157 e. The lowest BCUT2D eigenvalue weighted by molar-refractivity contribution is 0.0736. The number of aryl methyl sites for hydroxylation is 1. The molecule has 1 aliphatic rings. The van der Waals surface area contributed by atoms with E-state index in [4.69, 9.17) is 9.47 Å². The molecule has 2 heterocycles. The van der Waals surface area contributed by atoms with Crippen LogP contribution in [0.4, 0.5) is 4.39 Å². The van der Waals surface area contributed by atoms with Crippen molar-refractivity contribution in [3.63, 3.8) is 0 Å².